The maximum Gasteiger partial charge on any atom is 0.325 e. The van der Waals surface area contributed by atoms with Gasteiger partial charge in [-0.2, -0.15) is 0 Å². The minimum atomic E-state index is -0.566. The van der Waals surface area contributed by atoms with Crippen LogP contribution in [0, 0.1) is 0 Å². The Morgan fingerprint density at radius 2 is 1.83 bits per heavy atom. The topological polar surface area (TPSA) is 91.9 Å². The molecule has 30 heavy (non-hydrogen) atoms. The van der Waals surface area contributed by atoms with Crippen LogP contribution >= 0.6 is 12.4 Å². The number of piperazine rings is 1. The van der Waals surface area contributed by atoms with Crippen molar-refractivity contribution in [2.75, 3.05) is 45.7 Å². The molecule has 2 aromatic carbocycles. The lowest BCUT2D eigenvalue weighted by atomic mass is 10.0. The average molecular weight is 435 g/mol. The fraction of sp³-hybridized carbons (Fsp3) is 0.333. The molecule has 2 aromatic rings. The molecular weight excluding hydrogens is 408 g/mol. The van der Waals surface area contributed by atoms with Crippen LogP contribution in [0.3, 0.4) is 0 Å². The molecule has 1 heterocycles. The van der Waals surface area contributed by atoms with Crippen molar-refractivity contribution in [3.8, 4) is 11.5 Å². The molecule has 1 unspecified atom stereocenters. The Bertz CT molecular complexity index is 847. The summed E-state index contributed by atoms with van der Waals surface area (Å²) in [5, 5.41) is 8.39. The summed E-state index contributed by atoms with van der Waals surface area (Å²) in [6.07, 6.45) is 0. The molecule has 9 heteroatoms. The zero-order valence-electron chi connectivity index (χ0n) is 17.0. The van der Waals surface area contributed by atoms with E-state index in [4.69, 9.17) is 9.47 Å². The van der Waals surface area contributed by atoms with Crippen LogP contribution in [-0.2, 0) is 4.79 Å². The summed E-state index contributed by atoms with van der Waals surface area (Å²) in [5.74, 6) is 1.11. The number of benzene rings is 2. The van der Waals surface area contributed by atoms with Crippen molar-refractivity contribution in [2.24, 2.45) is 0 Å². The molecule has 3 amide bonds. The summed E-state index contributed by atoms with van der Waals surface area (Å²) in [4.78, 5) is 26.7. The van der Waals surface area contributed by atoms with Crippen LogP contribution in [0.15, 0.2) is 48.5 Å². The molecule has 1 aliphatic heterocycles. The fourth-order valence-corrected chi connectivity index (χ4v) is 3.37. The molecule has 0 bridgehead atoms. The third-order valence-electron chi connectivity index (χ3n) is 4.80. The highest BCUT2D eigenvalue weighted by Gasteiger charge is 2.28. The number of anilines is 1. The van der Waals surface area contributed by atoms with Crippen molar-refractivity contribution < 1.29 is 19.1 Å². The zero-order chi connectivity index (χ0) is 20.6. The van der Waals surface area contributed by atoms with Gasteiger partial charge in [-0.25, -0.2) is 4.79 Å². The first-order valence-electron chi connectivity index (χ1n) is 9.43. The molecule has 0 aliphatic carbocycles. The first-order valence-corrected chi connectivity index (χ1v) is 9.43. The molecule has 8 nitrogen and oxygen atoms in total. The second-order valence-corrected chi connectivity index (χ2v) is 6.66. The van der Waals surface area contributed by atoms with Crippen LogP contribution in [0.2, 0.25) is 0 Å². The first-order chi connectivity index (χ1) is 14.1. The summed E-state index contributed by atoms with van der Waals surface area (Å²) in [5.41, 5.74) is 1.59. The Morgan fingerprint density at radius 3 is 2.53 bits per heavy atom. The monoisotopic (exact) mass is 434 g/mol. The predicted octanol–water partition coefficient (Wildman–Crippen LogP) is 2.42. The van der Waals surface area contributed by atoms with E-state index in [0.29, 0.717) is 24.5 Å². The number of nitrogens with one attached hydrogen (secondary N) is 3. The van der Waals surface area contributed by atoms with Gasteiger partial charge in [0.2, 0.25) is 5.91 Å². The molecule has 1 fully saturated rings. The molecule has 0 radical (unpaired) electrons. The van der Waals surface area contributed by atoms with E-state index in [-0.39, 0.29) is 30.9 Å². The number of carbonyl (C=O) groups is 2. The third kappa shape index (κ3) is 6.09. The van der Waals surface area contributed by atoms with E-state index < -0.39 is 6.03 Å². The largest absolute Gasteiger partial charge is 0.497 e. The molecule has 1 aliphatic rings. The summed E-state index contributed by atoms with van der Waals surface area (Å²) in [6.45, 7) is 2.28. The number of nitrogens with zero attached hydrogens (tertiary/aromatic N) is 1. The second-order valence-electron chi connectivity index (χ2n) is 6.66. The van der Waals surface area contributed by atoms with Crippen molar-refractivity contribution >= 4 is 30.0 Å². The number of urea groups is 1. The van der Waals surface area contributed by atoms with Gasteiger partial charge in [-0.3, -0.25) is 15.0 Å². The fourth-order valence-electron chi connectivity index (χ4n) is 3.37. The van der Waals surface area contributed by atoms with Crippen molar-refractivity contribution in [1.82, 2.24) is 15.5 Å². The normalized spacial score (nSPS) is 16.1. The number of para-hydroxylation sites is 1. The number of imide groups is 1. The lowest BCUT2D eigenvalue weighted by Crippen LogP contribution is -2.50. The van der Waals surface area contributed by atoms with Gasteiger partial charge in [-0.05, 0) is 30.3 Å². The number of amides is 3. The Labute approximate surface area is 182 Å². The average Bonchev–Trinajstić information content (AvgIpc) is 2.74. The van der Waals surface area contributed by atoms with Crippen LogP contribution in [0.5, 0.6) is 11.5 Å². The Morgan fingerprint density at radius 1 is 1.10 bits per heavy atom. The van der Waals surface area contributed by atoms with Gasteiger partial charge in [0.15, 0.2) is 0 Å². The van der Waals surface area contributed by atoms with Crippen molar-refractivity contribution in [3.05, 3.63) is 54.1 Å². The van der Waals surface area contributed by atoms with Gasteiger partial charge in [0.05, 0.1) is 26.8 Å². The number of halogens is 1. The van der Waals surface area contributed by atoms with Gasteiger partial charge in [0.25, 0.3) is 0 Å². The molecule has 0 spiro atoms. The van der Waals surface area contributed by atoms with Crippen molar-refractivity contribution in [3.63, 3.8) is 0 Å². The van der Waals surface area contributed by atoms with Crippen LogP contribution in [0.4, 0.5) is 10.5 Å². The van der Waals surface area contributed by atoms with Gasteiger partial charge < -0.3 is 20.1 Å². The van der Waals surface area contributed by atoms with Crippen LogP contribution in [0.25, 0.3) is 0 Å². The van der Waals surface area contributed by atoms with E-state index in [1.54, 1.807) is 38.5 Å². The number of methoxy groups -OCH3 is 2. The molecular formula is C21H27ClN4O4. The van der Waals surface area contributed by atoms with Gasteiger partial charge in [-0.1, -0.05) is 18.2 Å². The number of carbonyl (C=O) groups excluding carboxylic acids is 2. The van der Waals surface area contributed by atoms with E-state index in [2.05, 4.69) is 16.0 Å². The number of rotatable bonds is 6. The standard InChI is InChI=1S/C21H26N4O4.ClH/c1-28-16-9-7-15(8-10-16)23-21(27)24-20(26)14-25-12-11-22-13-18(25)17-5-3-4-6-19(17)29-2;/h3-10,18,22H,11-14H2,1-2H3,(H2,23,24,26,27);1H. The van der Waals surface area contributed by atoms with E-state index >= 15 is 0 Å². The number of ether oxygens (including phenoxy) is 2. The first kappa shape index (κ1) is 23.5. The van der Waals surface area contributed by atoms with Gasteiger partial charge in [-0.15, -0.1) is 12.4 Å². The van der Waals surface area contributed by atoms with Crippen molar-refractivity contribution in [2.45, 2.75) is 6.04 Å². The maximum absolute atomic E-state index is 12.5. The molecule has 0 aromatic heterocycles. The zero-order valence-corrected chi connectivity index (χ0v) is 17.8. The highest BCUT2D eigenvalue weighted by Crippen LogP contribution is 2.29. The molecule has 0 saturated carbocycles. The van der Waals surface area contributed by atoms with Crippen LogP contribution in [-0.4, -0.2) is 57.2 Å². The van der Waals surface area contributed by atoms with Gasteiger partial charge in [0, 0.05) is 30.9 Å². The van der Waals surface area contributed by atoms with Gasteiger partial charge >= 0.3 is 6.03 Å². The minimum absolute atomic E-state index is 0. The number of hydrogen-bond acceptors (Lipinski definition) is 6. The SMILES string of the molecule is COc1ccc(NC(=O)NC(=O)CN2CCNCC2c2ccccc2OC)cc1.Cl. The van der Waals surface area contributed by atoms with E-state index in [1.165, 1.54) is 0 Å². The number of hydrogen-bond donors (Lipinski definition) is 3. The summed E-state index contributed by atoms with van der Waals surface area (Å²) >= 11 is 0. The molecule has 3 rings (SSSR count). The molecule has 1 saturated heterocycles. The van der Waals surface area contributed by atoms with Gasteiger partial charge in [0.1, 0.15) is 11.5 Å². The summed E-state index contributed by atoms with van der Waals surface area (Å²) in [7, 11) is 3.21. The summed E-state index contributed by atoms with van der Waals surface area (Å²) in [6, 6.07) is 14.1. The van der Waals surface area contributed by atoms with Crippen LogP contribution in [0.1, 0.15) is 11.6 Å². The minimum Gasteiger partial charge on any atom is -0.497 e. The predicted molar refractivity (Wildman–Crippen MR) is 118 cm³/mol. The lowest BCUT2D eigenvalue weighted by Gasteiger charge is -2.36. The maximum atomic E-state index is 12.5. The highest BCUT2D eigenvalue weighted by molar-refractivity contribution is 6.01. The lowest BCUT2D eigenvalue weighted by molar-refractivity contribution is -0.121. The quantitative estimate of drug-likeness (QED) is 0.646. The third-order valence-corrected chi connectivity index (χ3v) is 4.80. The van der Waals surface area contributed by atoms with E-state index in [0.717, 1.165) is 17.9 Å². The Kier molecular flexibility index (Phi) is 8.91. The molecule has 1 atom stereocenters. The van der Waals surface area contributed by atoms with E-state index in [1.807, 2.05) is 29.2 Å². The van der Waals surface area contributed by atoms with E-state index in [9.17, 15) is 9.59 Å². The molecule has 162 valence electrons. The smallest absolute Gasteiger partial charge is 0.325 e. The van der Waals surface area contributed by atoms with Crippen molar-refractivity contribution in [1.29, 1.82) is 0 Å². The van der Waals surface area contributed by atoms with Crippen LogP contribution < -0.4 is 25.4 Å². The summed E-state index contributed by atoms with van der Waals surface area (Å²) < 4.78 is 10.6. The Balaban J connectivity index is 0.00000320. The highest BCUT2D eigenvalue weighted by atomic mass is 35.5. The Hall–Kier alpha value is -2.81. The molecule has 3 N–H and O–H groups in total. The second kappa shape index (κ2) is 11.4.